The molecule has 1 saturated heterocycles. The minimum absolute atomic E-state index is 0.451. The highest BCUT2D eigenvalue weighted by molar-refractivity contribution is 5.26. The zero-order valence-electron chi connectivity index (χ0n) is 12.3. The first kappa shape index (κ1) is 14.5. The number of rotatable bonds is 6. The summed E-state index contributed by atoms with van der Waals surface area (Å²) >= 11 is 0. The van der Waals surface area contributed by atoms with Crippen molar-refractivity contribution >= 4 is 0 Å². The molecule has 1 aromatic rings. The highest BCUT2D eigenvalue weighted by Gasteiger charge is 2.25. The third-order valence-corrected chi connectivity index (χ3v) is 4.00. The van der Waals surface area contributed by atoms with Crippen LogP contribution >= 0.6 is 0 Å². The largest absolute Gasteiger partial charge is 0.381 e. The first-order valence-electron chi connectivity index (χ1n) is 7.75. The molecule has 1 N–H and O–H groups in total. The average Bonchev–Trinajstić information content (AvgIpc) is 2.49. The zero-order valence-corrected chi connectivity index (χ0v) is 12.3. The summed E-state index contributed by atoms with van der Waals surface area (Å²) in [5.41, 5.74) is 2.86. The van der Waals surface area contributed by atoms with Crippen LogP contribution in [0.1, 0.15) is 50.3 Å². The van der Waals surface area contributed by atoms with Gasteiger partial charge in [-0.1, -0.05) is 38.1 Å². The molecule has 19 heavy (non-hydrogen) atoms. The normalized spacial score (nSPS) is 21.3. The van der Waals surface area contributed by atoms with Gasteiger partial charge in [-0.2, -0.15) is 0 Å². The van der Waals surface area contributed by atoms with Gasteiger partial charge in [0.05, 0.1) is 6.61 Å². The molecular weight excluding hydrogens is 234 g/mol. The van der Waals surface area contributed by atoms with Gasteiger partial charge >= 0.3 is 0 Å². The van der Waals surface area contributed by atoms with E-state index in [1.165, 1.54) is 30.4 Å². The predicted octanol–water partition coefficient (Wildman–Crippen LogP) is 3.72. The maximum Gasteiger partial charge on any atom is 0.0512 e. The lowest BCUT2D eigenvalue weighted by Gasteiger charge is -2.31. The van der Waals surface area contributed by atoms with Crippen molar-refractivity contribution < 1.29 is 4.74 Å². The molecular formula is C17H27NO. The van der Waals surface area contributed by atoms with E-state index < -0.39 is 0 Å². The minimum Gasteiger partial charge on any atom is -0.381 e. The van der Waals surface area contributed by atoms with Gasteiger partial charge in [-0.3, -0.25) is 0 Å². The Bertz CT molecular complexity index is 371. The number of hydrogen-bond donors (Lipinski definition) is 1. The highest BCUT2D eigenvalue weighted by Crippen LogP contribution is 2.29. The van der Waals surface area contributed by atoms with Gasteiger partial charge < -0.3 is 10.1 Å². The molecule has 2 nitrogen and oxygen atoms in total. The zero-order chi connectivity index (χ0) is 13.5. The van der Waals surface area contributed by atoms with Crippen LogP contribution in [0.25, 0.3) is 0 Å². The van der Waals surface area contributed by atoms with E-state index in [1.807, 2.05) is 0 Å². The molecule has 2 unspecified atom stereocenters. The van der Waals surface area contributed by atoms with Crippen LogP contribution in [0.2, 0.25) is 0 Å². The molecule has 2 heteroatoms. The summed E-state index contributed by atoms with van der Waals surface area (Å²) in [6.45, 7) is 7.36. The van der Waals surface area contributed by atoms with E-state index in [4.69, 9.17) is 4.74 Å². The maximum absolute atomic E-state index is 5.68. The van der Waals surface area contributed by atoms with Gasteiger partial charge in [0.25, 0.3) is 0 Å². The van der Waals surface area contributed by atoms with Crippen LogP contribution in [-0.4, -0.2) is 19.8 Å². The van der Waals surface area contributed by atoms with Gasteiger partial charge in [-0.25, -0.2) is 0 Å². The second-order valence-corrected chi connectivity index (χ2v) is 5.51. The summed E-state index contributed by atoms with van der Waals surface area (Å²) in [6.07, 6.45) is 4.76. The molecule has 1 aliphatic heterocycles. The van der Waals surface area contributed by atoms with E-state index in [0.717, 1.165) is 26.2 Å². The fourth-order valence-electron chi connectivity index (χ4n) is 2.89. The Kier molecular flexibility index (Phi) is 5.87. The van der Waals surface area contributed by atoms with Crippen LogP contribution in [0.5, 0.6) is 0 Å². The van der Waals surface area contributed by atoms with Gasteiger partial charge in [0.1, 0.15) is 0 Å². The van der Waals surface area contributed by atoms with E-state index in [-0.39, 0.29) is 0 Å². The van der Waals surface area contributed by atoms with Crippen LogP contribution in [-0.2, 0) is 11.2 Å². The monoisotopic (exact) mass is 261 g/mol. The van der Waals surface area contributed by atoms with Crippen molar-refractivity contribution in [1.29, 1.82) is 0 Å². The minimum atomic E-state index is 0.451. The second kappa shape index (κ2) is 7.66. The molecule has 0 spiro atoms. The Balaban J connectivity index is 2.14. The second-order valence-electron chi connectivity index (χ2n) is 5.51. The Morgan fingerprint density at radius 1 is 1.37 bits per heavy atom. The van der Waals surface area contributed by atoms with Crippen molar-refractivity contribution in [2.24, 2.45) is 5.92 Å². The molecule has 2 rings (SSSR count). The van der Waals surface area contributed by atoms with Crippen LogP contribution in [0.15, 0.2) is 24.3 Å². The molecule has 2 atom stereocenters. The lowest BCUT2D eigenvalue weighted by molar-refractivity contribution is 0.0390. The number of ether oxygens (including phenoxy) is 1. The summed E-state index contributed by atoms with van der Waals surface area (Å²) in [5, 5.41) is 3.73. The van der Waals surface area contributed by atoms with Gasteiger partial charge in [-0.15, -0.1) is 0 Å². The highest BCUT2D eigenvalue weighted by atomic mass is 16.5. The topological polar surface area (TPSA) is 21.3 Å². The molecule has 0 amide bonds. The molecule has 1 aromatic carbocycles. The number of nitrogens with one attached hydrogen (secondary N) is 1. The van der Waals surface area contributed by atoms with Crippen molar-refractivity contribution in [3.8, 4) is 0 Å². The average molecular weight is 261 g/mol. The van der Waals surface area contributed by atoms with Crippen molar-refractivity contribution in [2.75, 3.05) is 19.8 Å². The van der Waals surface area contributed by atoms with Crippen molar-refractivity contribution in [3.63, 3.8) is 0 Å². The van der Waals surface area contributed by atoms with Crippen LogP contribution in [0.4, 0.5) is 0 Å². The fraction of sp³-hybridized carbons (Fsp3) is 0.647. The molecule has 106 valence electrons. The van der Waals surface area contributed by atoms with Crippen molar-refractivity contribution in [3.05, 3.63) is 35.4 Å². The van der Waals surface area contributed by atoms with Crippen LogP contribution in [0, 0.1) is 5.92 Å². The lowest BCUT2D eigenvalue weighted by atomic mass is 9.88. The third kappa shape index (κ3) is 4.05. The van der Waals surface area contributed by atoms with Gasteiger partial charge in [0.2, 0.25) is 0 Å². The van der Waals surface area contributed by atoms with Crippen LogP contribution < -0.4 is 5.32 Å². The summed E-state index contributed by atoms with van der Waals surface area (Å²) in [5.74, 6) is 0.618. The summed E-state index contributed by atoms with van der Waals surface area (Å²) < 4.78 is 5.68. The Hall–Kier alpha value is -0.860. The SMILES string of the molecule is CCCNC(c1cccc(CC)c1)C1CCCOC1. The summed E-state index contributed by atoms with van der Waals surface area (Å²) in [7, 11) is 0. The van der Waals surface area contributed by atoms with E-state index in [9.17, 15) is 0 Å². The first-order chi connectivity index (χ1) is 9.35. The van der Waals surface area contributed by atoms with Crippen LogP contribution in [0.3, 0.4) is 0 Å². The summed E-state index contributed by atoms with van der Waals surface area (Å²) in [4.78, 5) is 0. The van der Waals surface area contributed by atoms with Gasteiger partial charge in [0.15, 0.2) is 0 Å². The molecule has 0 aromatic heterocycles. The van der Waals surface area contributed by atoms with Gasteiger partial charge in [0, 0.05) is 18.6 Å². The van der Waals surface area contributed by atoms with E-state index in [2.05, 4.69) is 43.4 Å². The molecule has 0 radical (unpaired) electrons. The number of benzene rings is 1. The fourth-order valence-corrected chi connectivity index (χ4v) is 2.89. The molecule has 0 bridgehead atoms. The lowest BCUT2D eigenvalue weighted by Crippen LogP contribution is -2.33. The molecule has 1 heterocycles. The first-order valence-corrected chi connectivity index (χ1v) is 7.75. The summed E-state index contributed by atoms with van der Waals surface area (Å²) in [6, 6.07) is 9.49. The number of aryl methyl sites for hydroxylation is 1. The van der Waals surface area contributed by atoms with Gasteiger partial charge in [-0.05, 0) is 43.4 Å². The van der Waals surface area contributed by atoms with Crippen molar-refractivity contribution in [2.45, 2.75) is 45.6 Å². The van der Waals surface area contributed by atoms with E-state index in [1.54, 1.807) is 0 Å². The predicted molar refractivity (Wildman–Crippen MR) is 80.4 cm³/mol. The number of hydrogen-bond acceptors (Lipinski definition) is 2. The Labute approximate surface area is 117 Å². The molecule has 1 fully saturated rings. The van der Waals surface area contributed by atoms with Crippen molar-refractivity contribution in [1.82, 2.24) is 5.32 Å². The van der Waals surface area contributed by atoms with E-state index in [0.29, 0.717) is 12.0 Å². The molecule has 1 aliphatic rings. The Morgan fingerprint density at radius 3 is 2.95 bits per heavy atom. The standard InChI is InChI=1S/C17H27NO/c1-3-10-18-17(16-9-6-11-19-13-16)15-8-5-7-14(4-2)12-15/h5,7-8,12,16-18H,3-4,6,9-11,13H2,1-2H3. The molecule has 0 saturated carbocycles. The third-order valence-electron chi connectivity index (χ3n) is 4.00. The Morgan fingerprint density at radius 2 is 2.26 bits per heavy atom. The quantitative estimate of drug-likeness (QED) is 0.842. The van der Waals surface area contributed by atoms with E-state index >= 15 is 0 Å². The molecule has 0 aliphatic carbocycles. The smallest absolute Gasteiger partial charge is 0.0512 e. The maximum atomic E-state index is 5.68.